The molecule has 3 rings (SSSR count). The van der Waals surface area contributed by atoms with Crippen molar-refractivity contribution in [2.24, 2.45) is 0 Å². The van der Waals surface area contributed by atoms with E-state index in [1.165, 1.54) is 0 Å². The summed E-state index contributed by atoms with van der Waals surface area (Å²) < 4.78 is 10.9. The summed E-state index contributed by atoms with van der Waals surface area (Å²) in [5, 5.41) is 0.501. The SMILES string of the molecule is C#CCOc1ccc([C@@H]2SCC(=O)N2c2ccc(Cl)cc2)cc1OC. The summed E-state index contributed by atoms with van der Waals surface area (Å²) in [5.41, 5.74) is 1.77. The second-order valence-corrected chi connectivity index (χ2v) is 6.81. The molecule has 6 heteroatoms. The largest absolute Gasteiger partial charge is 0.493 e. The maximum absolute atomic E-state index is 12.4. The third-order valence-corrected chi connectivity index (χ3v) is 5.22. The van der Waals surface area contributed by atoms with Crippen LogP contribution in [0.15, 0.2) is 42.5 Å². The molecule has 0 radical (unpaired) electrons. The van der Waals surface area contributed by atoms with Gasteiger partial charge in [-0.2, -0.15) is 0 Å². The molecule has 1 atom stereocenters. The van der Waals surface area contributed by atoms with Crippen LogP contribution in [0.3, 0.4) is 0 Å². The monoisotopic (exact) mass is 373 g/mol. The van der Waals surface area contributed by atoms with Gasteiger partial charge < -0.3 is 9.47 Å². The maximum Gasteiger partial charge on any atom is 0.238 e. The average Bonchev–Trinajstić information content (AvgIpc) is 3.02. The molecular formula is C19H16ClNO3S. The number of rotatable bonds is 5. The normalized spacial score (nSPS) is 16.6. The lowest BCUT2D eigenvalue weighted by Crippen LogP contribution is -2.27. The molecule has 1 aliphatic heterocycles. The van der Waals surface area contributed by atoms with Crippen LogP contribution in [0.25, 0.3) is 0 Å². The van der Waals surface area contributed by atoms with Gasteiger partial charge in [-0.15, -0.1) is 18.2 Å². The summed E-state index contributed by atoms with van der Waals surface area (Å²) in [4.78, 5) is 14.2. The smallest absolute Gasteiger partial charge is 0.238 e. The number of terminal acetylenes is 1. The van der Waals surface area contributed by atoms with Crippen LogP contribution in [0.5, 0.6) is 11.5 Å². The molecule has 0 aliphatic carbocycles. The maximum atomic E-state index is 12.4. The Bertz CT molecular complexity index is 816. The number of anilines is 1. The van der Waals surface area contributed by atoms with E-state index < -0.39 is 0 Å². The fourth-order valence-corrected chi connectivity index (χ4v) is 3.92. The predicted octanol–water partition coefficient (Wildman–Crippen LogP) is 4.14. The van der Waals surface area contributed by atoms with E-state index in [-0.39, 0.29) is 17.9 Å². The second kappa shape index (κ2) is 7.73. The van der Waals surface area contributed by atoms with Gasteiger partial charge in [0.2, 0.25) is 5.91 Å². The first kappa shape index (κ1) is 17.5. The van der Waals surface area contributed by atoms with Gasteiger partial charge in [0.25, 0.3) is 0 Å². The Hall–Kier alpha value is -2.29. The molecule has 0 unspecified atom stereocenters. The number of carbonyl (C=O) groups excluding carboxylic acids is 1. The first-order chi connectivity index (χ1) is 12.1. The first-order valence-electron chi connectivity index (χ1n) is 7.57. The minimum atomic E-state index is -0.135. The minimum Gasteiger partial charge on any atom is -0.493 e. The first-order valence-corrected chi connectivity index (χ1v) is 9.00. The van der Waals surface area contributed by atoms with E-state index in [9.17, 15) is 4.79 Å². The van der Waals surface area contributed by atoms with Crippen LogP contribution in [-0.2, 0) is 4.79 Å². The molecule has 1 aliphatic rings. The van der Waals surface area contributed by atoms with Crippen LogP contribution in [0, 0.1) is 12.3 Å². The molecule has 0 aromatic heterocycles. The number of halogens is 1. The zero-order valence-corrected chi connectivity index (χ0v) is 15.1. The molecule has 25 heavy (non-hydrogen) atoms. The van der Waals surface area contributed by atoms with E-state index in [1.807, 2.05) is 30.3 Å². The molecule has 128 valence electrons. The number of carbonyl (C=O) groups is 1. The lowest BCUT2D eigenvalue weighted by Gasteiger charge is -2.25. The van der Waals surface area contributed by atoms with Gasteiger partial charge in [0.1, 0.15) is 12.0 Å². The number of ether oxygens (including phenoxy) is 2. The van der Waals surface area contributed by atoms with Crippen LogP contribution in [0.4, 0.5) is 5.69 Å². The second-order valence-electron chi connectivity index (χ2n) is 5.31. The zero-order chi connectivity index (χ0) is 17.8. The number of amides is 1. The molecule has 1 saturated heterocycles. The Morgan fingerprint density at radius 3 is 2.72 bits per heavy atom. The van der Waals surface area contributed by atoms with Crippen molar-refractivity contribution in [1.29, 1.82) is 0 Å². The van der Waals surface area contributed by atoms with Crippen molar-refractivity contribution < 1.29 is 14.3 Å². The summed E-state index contributed by atoms with van der Waals surface area (Å²) in [6.07, 6.45) is 5.23. The highest BCUT2D eigenvalue weighted by Crippen LogP contribution is 2.44. The lowest BCUT2D eigenvalue weighted by atomic mass is 10.1. The Labute approximate surface area is 156 Å². The lowest BCUT2D eigenvalue weighted by molar-refractivity contribution is -0.115. The molecule has 2 aromatic carbocycles. The third kappa shape index (κ3) is 3.71. The minimum absolute atomic E-state index is 0.0592. The summed E-state index contributed by atoms with van der Waals surface area (Å²) in [6, 6.07) is 12.9. The summed E-state index contributed by atoms with van der Waals surface area (Å²) in [6.45, 7) is 0.170. The van der Waals surface area contributed by atoms with E-state index in [2.05, 4.69) is 5.92 Å². The van der Waals surface area contributed by atoms with E-state index in [0.29, 0.717) is 22.3 Å². The third-order valence-electron chi connectivity index (χ3n) is 3.76. The number of benzene rings is 2. The topological polar surface area (TPSA) is 38.8 Å². The number of thioether (sulfide) groups is 1. The van der Waals surface area contributed by atoms with Gasteiger partial charge >= 0.3 is 0 Å². The fourth-order valence-electron chi connectivity index (χ4n) is 2.63. The molecule has 0 N–H and O–H groups in total. The van der Waals surface area contributed by atoms with E-state index >= 15 is 0 Å². The summed E-state index contributed by atoms with van der Waals surface area (Å²) in [7, 11) is 1.58. The molecule has 0 spiro atoms. The highest BCUT2D eigenvalue weighted by molar-refractivity contribution is 8.00. The van der Waals surface area contributed by atoms with Gasteiger partial charge in [0.15, 0.2) is 11.5 Å². The van der Waals surface area contributed by atoms with Crippen molar-refractivity contribution in [2.45, 2.75) is 5.37 Å². The highest BCUT2D eigenvalue weighted by atomic mass is 35.5. The Morgan fingerprint density at radius 2 is 2.04 bits per heavy atom. The van der Waals surface area contributed by atoms with Crippen molar-refractivity contribution in [2.75, 3.05) is 24.4 Å². The molecule has 4 nitrogen and oxygen atoms in total. The molecular weight excluding hydrogens is 358 g/mol. The van der Waals surface area contributed by atoms with Crippen LogP contribution in [0.2, 0.25) is 5.02 Å². The van der Waals surface area contributed by atoms with Crippen molar-refractivity contribution in [3.05, 3.63) is 53.1 Å². The molecule has 1 fully saturated rings. The van der Waals surface area contributed by atoms with Gasteiger partial charge in [-0.25, -0.2) is 0 Å². The molecule has 1 amide bonds. The van der Waals surface area contributed by atoms with Gasteiger partial charge in [-0.3, -0.25) is 9.69 Å². The number of hydrogen-bond acceptors (Lipinski definition) is 4. The van der Waals surface area contributed by atoms with Crippen molar-refractivity contribution >= 4 is 35.0 Å². The quantitative estimate of drug-likeness (QED) is 0.738. The van der Waals surface area contributed by atoms with Gasteiger partial charge in [0, 0.05) is 10.7 Å². The fraction of sp³-hybridized carbons (Fsp3) is 0.211. The number of methoxy groups -OCH3 is 1. The Balaban J connectivity index is 1.93. The van der Waals surface area contributed by atoms with Gasteiger partial charge in [-0.05, 0) is 42.0 Å². The highest BCUT2D eigenvalue weighted by Gasteiger charge is 2.34. The van der Waals surface area contributed by atoms with Gasteiger partial charge in [0.05, 0.1) is 12.9 Å². The molecule has 2 aromatic rings. The number of hydrogen-bond donors (Lipinski definition) is 0. The van der Waals surface area contributed by atoms with Crippen LogP contribution >= 0.6 is 23.4 Å². The summed E-state index contributed by atoms with van der Waals surface area (Å²) in [5.74, 6) is 4.08. The standard InChI is InChI=1S/C19H16ClNO3S/c1-3-10-24-16-9-4-13(11-17(16)23-2)19-21(18(22)12-25-19)15-7-5-14(20)6-8-15/h1,4-9,11,19H,10,12H2,2H3/t19-/m0/s1. The van der Waals surface area contributed by atoms with Crippen LogP contribution in [-0.4, -0.2) is 25.4 Å². The van der Waals surface area contributed by atoms with E-state index in [0.717, 1.165) is 11.3 Å². The van der Waals surface area contributed by atoms with Crippen LogP contribution < -0.4 is 14.4 Å². The molecule has 1 heterocycles. The number of nitrogens with zero attached hydrogens (tertiary/aromatic N) is 1. The predicted molar refractivity (Wildman–Crippen MR) is 101 cm³/mol. The van der Waals surface area contributed by atoms with Crippen LogP contribution in [0.1, 0.15) is 10.9 Å². The molecule has 0 bridgehead atoms. The molecule has 0 saturated carbocycles. The van der Waals surface area contributed by atoms with Crippen molar-refractivity contribution in [3.63, 3.8) is 0 Å². The zero-order valence-electron chi connectivity index (χ0n) is 13.6. The van der Waals surface area contributed by atoms with Crippen molar-refractivity contribution in [3.8, 4) is 23.8 Å². The van der Waals surface area contributed by atoms with Crippen molar-refractivity contribution in [1.82, 2.24) is 0 Å². The average molecular weight is 374 g/mol. The summed E-state index contributed by atoms with van der Waals surface area (Å²) >= 11 is 7.52. The Morgan fingerprint density at radius 1 is 1.28 bits per heavy atom. The van der Waals surface area contributed by atoms with E-state index in [4.69, 9.17) is 27.5 Å². The van der Waals surface area contributed by atoms with Gasteiger partial charge in [-0.1, -0.05) is 23.6 Å². The Kier molecular flexibility index (Phi) is 5.42. The van der Waals surface area contributed by atoms with E-state index in [1.54, 1.807) is 35.9 Å².